The van der Waals surface area contributed by atoms with Gasteiger partial charge in [0.2, 0.25) is 5.91 Å². The van der Waals surface area contributed by atoms with Gasteiger partial charge in [-0.3, -0.25) is 9.89 Å². The number of H-pyrrole nitrogens is 1. The summed E-state index contributed by atoms with van der Waals surface area (Å²) in [4.78, 5) is 21.8. The zero-order valence-electron chi connectivity index (χ0n) is 15.5. The highest BCUT2D eigenvalue weighted by molar-refractivity contribution is 6.31. The average molecular weight is 416 g/mol. The van der Waals surface area contributed by atoms with Crippen LogP contribution in [0.25, 0.3) is 22.5 Å². The van der Waals surface area contributed by atoms with E-state index in [0.717, 1.165) is 24.1 Å². The number of piperidine rings is 1. The molecule has 1 aromatic carbocycles. The summed E-state index contributed by atoms with van der Waals surface area (Å²) in [5, 5.41) is 16.7. The lowest BCUT2D eigenvalue weighted by molar-refractivity contribution is -0.135. The first-order chi connectivity index (χ1) is 14.1. The summed E-state index contributed by atoms with van der Waals surface area (Å²) in [5.74, 6) is -0.610. The normalized spacial score (nSPS) is 14.9. The molecule has 0 aliphatic carbocycles. The second-order valence-corrected chi connectivity index (χ2v) is 7.30. The number of carbonyl (C=O) groups is 1. The second kappa shape index (κ2) is 8.26. The van der Waals surface area contributed by atoms with Crippen LogP contribution in [0.5, 0.6) is 0 Å². The minimum Gasteiger partial charge on any atom is -0.387 e. The number of carbonyl (C=O) groups excluding carboxylic acids is 1. The van der Waals surface area contributed by atoms with Crippen molar-refractivity contribution in [3.05, 3.63) is 53.3 Å². The first-order valence-corrected chi connectivity index (χ1v) is 9.65. The monoisotopic (exact) mass is 415 g/mol. The fourth-order valence-electron chi connectivity index (χ4n) is 3.72. The van der Waals surface area contributed by atoms with E-state index in [1.807, 2.05) is 0 Å². The number of likely N-dealkylation sites (tertiary alicyclic amines) is 1. The van der Waals surface area contributed by atoms with Crippen molar-refractivity contribution in [1.82, 2.24) is 25.1 Å². The van der Waals surface area contributed by atoms with Gasteiger partial charge in [0.15, 0.2) is 0 Å². The molecule has 0 radical (unpaired) electrons. The molecule has 0 atom stereocenters. The molecule has 29 heavy (non-hydrogen) atoms. The van der Waals surface area contributed by atoms with Crippen molar-refractivity contribution in [3.8, 4) is 22.5 Å². The first-order valence-electron chi connectivity index (χ1n) is 9.27. The third kappa shape index (κ3) is 3.86. The Hall–Kier alpha value is -2.84. The van der Waals surface area contributed by atoms with Crippen LogP contribution in [-0.4, -0.2) is 55.8 Å². The molecule has 0 unspecified atom stereocenters. The summed E-state index contributed by atoms with van der Waals surface area (Å²) in [6, 6.07) is 6.29. The summed E-state index contributed by atoms with van der Waals surface area (Å²) in [7, 11) is 0. The number of rotatable bonds is 4. The maximum absolute atomic E-state index is 13.6. The Balaban J connectivity index is 1.73. The molecule has 0 bridgehead atoms. The van der Waals surface area contributed by atoms with Crippen molar-refractivity contribution in [1.29, 1.82) is 0 Å². The lowest BCUT2D eigenvalue weighted by Crippen LogP contribution is -2.39. The van der Waals surface area contributed by atoms with E-state index in [9.17, 15) is 9.18 Å². The number of aromatic nitrogens is 4. The molecule has 9 heteroatoms. The maximum atomic E-state index is 13.6. The molecule has 150 valence electrons. The fraction of sp³-hybridized carbons (Fsp3) is 0.300. The molecule has 7 nitrogen and oxygen atoms in total. The highest BCUT2D eigenvalue weighted by Gasteiger charge is 2.29. The molecule has 2 N–H and O–H groups in total. The van der Waals surface area contributed by atoms with Gasteiger partial charge in [-0.05, 0) is 37.1 Å². The lowest BCUT2D eigenvalue weighted by Gasteiger charge is -2.31. The van der Waals surface area contributed by atoms with Crippen LogP contribution in [0.4, 0.5) is 4.39 Å². The van der Waals surface area contributed by atoms with E-state index in [1.54, 1.807) is 29.3 Å². The van der Waals surface area contributed by atoms with E-state index in [-0.39, 0.29) is 16.8 Å². The highest BCUT2D eigenvalue weighted by atomic mass is 35.5. The Kier molecular flexibility index (Phi) is 5.55. The summed E-state index contributed by atoms with van der Waals surface area (Å²) < 4.78 is 13.6. The van der Waals surface area contributed by atoms with E-state index >= 15 is 0 Å². The molecule has 1 saturated heterocycles. The predicted octanol–water partition coefficient (Wildman–Crippen LogP) is 3.02. The van der Waals surface area contributed by atoms with Gasteiger partial charge in [-0.2, -0.15) is 5.10 Å². The third-order valence-corrected chi connectivity index (χ3v) is 5.51. The minimum absolute atomic E-state index is 0.0245. The standard InChI is InChI=1S/C20H19ClFN5O2/c21-14-9-13(1-2-15(14)22)20-18(16-3-6-23-11-24-16)19(25-26-20)12-4-7-27(8-5-12)17(29)10-28/h1-3,6,9,11-12,28H,4-5,7-8,10H2,(H,25,26). The van der Waals surface area contributed by atoms with Crippen LogP contribution in [0.1, 0.15) is 24.5 Å². The topological polar surface area (TPSA) is 95.0 Å². The second-order valence-electron chi connectivity index (χ2n) is 6.90. The minimum atomic E-state index is -0.490. The molecule has 0 spiro atoms. The Morgan fingerprint density at radius 1 is 1.31 bits per heavy atom. The first kappa shape index (κ1) is 19.5. The van der Waals surface area contributed by atoms with Crippen LogP contribution in [0.3, 0.4) is 0 Å². The van der Waals surface area contributed by atoms with Crippen molar-refractivity contribution >= 4 is 17.5 Å². The van der Waals surface area contributed by atoms with E-state index in [0.29, 0.717) is 30.0 Å². The van der Waals surface area contributed by atoms with Crippen molar-refractivity contribution in [2.24, 2.45) is 0 Å². The zero-order chi connectivity index (χ0) is 20.4. The van der Waals surface area contributed by atoms with Gasteiger partial charge in [0, 0.05) is 42.0 Å². The highest BCUT2D eigenvalue weighted by Crippen LogP contribution is 2.39. The number of hydrogen-bond donors (Lipinski definition) is 2. The largest absolute Gasteiger partial charge is 0.387 e. The summed E-state index contributed by atoms with van der Waals surface area (Å²) in [6.07, 6.45) is 4.59. The summed E-state index contributed by atoms with van der Waals surface area (Å²) in [6.45, 7) is 0.643. The Morgan fingerprint density at radius 3 is 2.76 bits per heavy atom. The van der Waals surface area contributed by atoms with E-state index in [2.05, 4.69) is 20.2 Å². The molecular formula is C20H19ClFN5O2. The van der Waals surface area contributed by atoms with Gasteiger partial charge < -0.3 is 10.0 Å². The number of benzene rings is 1. The van der Waals surface area contributed by atoms with Gasteiger partial charge in [0.05, 0.1) is 10.7 Å². The van der Waals surface area contributed by atoms with Crippen LogP contribution in [-0.2, 0) is 4.79 Å². The quantitative estimate of drug-likeness (QED) is 0.683. The van der Waals surface area contributed by atoms with Gasteiger partial charge in [-0.1, -0.05) is 11.6 Å². The van der Waals surface area contributed by atoms with Gasteiger partial charge in [-0.15, -0.1) is 0 Å². The average Bonchev–Trinajstić information content (AvgIpc) is 3.21. The van der Waals surface area contributed by atoms with Crippen LogP contribution >= 0.6 is 11.6 Å². The Labute approximate surface area is 171 Å². The van der Waals surface area contributed by atoms with Gasteiger partial charge >= 0.3 is 0 Å². The Morgan fingerprint density at radius 2 is 2.10 bits per heavy atom. The van der Waals surface area contributed by atoms with Crippen molar-refractivity contribution in [2.45, 2.75) is 18.8 Å². The number of halogens is 2. The molecule has 1 aliphatic heterocycles. The fourth-order valence-corrected chi connectivity index (χ4v) is 3.90. The number of nitrogens with zero attached hydrogens (tertiary/aromatic N) is 4. The SMILES string of the molecule is O=C(CO)N1CCC(c2[nH]nc(-c3ccc(F)c(Cl)c3)c2-c2ccncn2)CC1. The summed E-state index contributed by atoms with van der Waals surface area (Å²) in [5.41, 5.74) is 3.75. The molecular weight excluding hydrogens is 397 g/mol. The molecule has 3 heterocycles. The number of amides is 1. The summed E-state index contributed by atoms with van der Waals surface area (Å²) >= 11 is 5.98. The number of aliphatic hydroxyl groups is 1. The zero-order valence-corrected chi connectivity index (χ0v) is 16.2. The van der Waals surface area contributed by atoms with E-state index in [1.165, 1.54) is 12.4 Å². The Bertz CT molecular complexity index is 1020. The van der Waals surface area contributed by atoms with Crippen molar-refractivity contribution in [3.63, 3.8) is 0 Å². The number of aromatic amines is 1. The molecule has 3 aromatic rings. The maximum Gasteiger partial charge on any atom is 0.248 e. The van der Waals surface area contributed by atoms with Gasteiger partial charge in [0.1, 0.15) is 24.4 Å². The van der Waals surface area contributed by atoms with Crippen molar-refractivity contribution in [2.75, 3.05) is 19.7 Å². The van der Waals surface area contributed by atoms with Crippen molar-refractivity contribution < 1.29 is 14.3 Å². The number of nitrogens with one attached hydrogen (secondary N) is 1. The van der Waals surface area contributed by atoms with Crippen LogP contribution in [0.2, 0.25) is 5.02 Å². The van der Waals surface area contributed by atoms with E-state index < -0.39 is 12.4 Å². The molecule has 1 aliphatic rings. The van der Waals surface area contributed by atoms with Crippen LogP contribution < -0.4 is 0 Å². The molecule has 0 saturated carbocycles. The van der Waals surface area contributed by atoms with Gasteiger partial charge in [0.25, 0.3) is 0 Å². The lowest BCUT2D eigenvalue weighted by atomic mass is 9.89. The third-order valence-electron chi connectivity index (χ3n) is 5.22. The van der Waals surface area contributed by atoms with E-state index in [4.69, 9.17) is 16.7 Å². The number of hydrogen-bond acceptors (Lipinski definition) is 5. The molecule has 4 rings (SSSR count). The van der Waals surface area contributed by atoms with Gasteiger partial charge in [-0.25, -0.2) is 14.4 Å². The van der Waals surface area contributed by atoms with Crippen LogP contribution in [0, 0.1) is 5.82 Å². The smallest absolute Gasteiger partial charge is 0.248 e. The predicted molar refractivity (Wildman–Crippen MR) is 106 cm³/mol. The van der Waals surface area contributed by atoms with Crippen LogP contribution in [0.15, 0.2) is 36.8 Å². The molecule has 1 fully saturated rings. The molecule has 2 aromatic heterocycles. The number of aliphatic hydroxyl groups excluding tert-OH is 1. The molecule has 1 amide bonds.